The van der Waals surface area contributed by atoms with E-state index in [0.717, 1.165) is 12.0 Å². The zero-order valence-corrected chi connectivity index (χ0v) is 11.4. The van der Waals surface area contributed by atoms with Crippen LogP contribution in [0.4, 0.5) is 4.39 Å². The Morgan fingerprint density at radius 1 is 1.31 bits per heavy atom. The molecule has 1 aromatic rings. The standard InChI is InChI=1S/C13H15BrClF/c14-11-4-2-1-3-10(11)7-9-5-6-12(15)13(16)8-9/h5-6,8,10-11H,1-4,7H2. The number of rotatable bonds is 2. The molecule has 1 aliphatic rings. The normalized spacial score (nSPS) is 25.7. The molecule has 1 fully saturated rings. The molecule has 0 aliphatic heterocycles. The van der Waals surface area contributed by atoms with Crippen molar-refractivity contribution in [1.29, 1.82) is 0 Å². The van der Waals surface area contributed by atoms with Crippen LogP contribution in [0.25, 0.3) is 0 Å². The van der Waals surface area contributed by atoms with Crippen LogP contribution in [-0.2, 0) is 6.42 Å². The minimum absolute atomic E-state index is 0.211. The van der Waals surface area contributed by atoms with Crippen LogP contribution in [0.2, 0.25) is 5.02 Å². The van der Waals surface area contributed by atoms with Crippen molar-refractivity contribution in [1.82, 2.24) is 0 Å². The summed E-state index contributed by atoms with van der Waals surface area (Å²) < 4.78 is 13.3. The molecule has 0 spiro atoms. The van der Waals surface area contributed by atoms with Crippen LogP contribution < -0.4 is 0 Å². The molecule has 2 rings (SSSR count). The number of alkyl halides is 1. The summed E-state index contributed by atoms with van der Waals surface area (Å²) in [6.45, 7) is 0. The third kappa shape index (κ3) is 2.98. The van der Waals surface area contributed by atoms with E-state index in [-0.39, 0.29) is 10.8 Å². The van der Waals surface area contributed by atoms with Gasteiger partial charge < -0.3 is 0 Å². The summed E-state index contributed by atoms with van der Waals surface area (Å²) in [5, 5.41) is 0.211. The molecule has 0 bridgehead atoms. The lowest BCUT2D eigenvalue weighted by atomic mass is 9.85. The minimum Gasteiger partial charge on any atom is -0.205 e. The first-order valence-electron chi connectivity index (χ1n) is 5.75. The second kappa shape index (κ2) is 5.50. The molecule has 1 saturated carbocycles. The van der Waals surface area contributed by atoms with Crippen molar-refractivity contribution in [2.75, 3.05) is 0 Å². The van der Waals surface area contributed by atoms with Crippen LogP contribution in [0.3, 0.4) is 0 Å². The second-order valence-electron chi connectivity index (χ2n) is 4.51. The van der Waals surface area contributed by atoms with E-state index in [9.17, 15) is 4.39 Å². The number of hydrogen-bond donors (Lipinski definition) is 0. The van der Waals surface area contributed by atoms with Crippen LogP contribution in [0, 0.1) is 11.7 Å². The molecule has 0 saturated heterocycles. The monoisotopic (exact) mass is 304 g/mol. The second-order valence-corrected chi connectivity index (χ2v) is 6.10. The largest absolute Gasteiger partial charge is 0.205 e. The van der Waals surface area contributed by atoms with Gasteiger partial charge in [0.05, 0.1) is 5.02 Å². The first kappa shape index (κ1) is 12.4. The average molecular weight is 306 g/mol. The molecule has 1 aliphatic carbocycles. The summed E-state index contributed by atoms with van der Waals surface area (Å²) in [5.74, 6) is 0.329. The Hall–Kier alpha value is -0.0800. The van der Waals surface area contributed by atoms with E-state index in [0.29, 0.717) is 10.7 Å². The van der Waals surface area contributed by atoms with Gasteiger partial charge in [-0.15, -0.1) is 0 Å². The molecule has 16 heavy (non-hydrogen) atoms. The molecular weight excluding hydrogens is 290 g/mol. The highest BCUT2D eigenvalue weighted by molar-refractivity contribution is 9.09. The van der Waals surface area contributed by atoms with Crippen LogP contribution in [0.5, 0.6) is 0 Å². The van der Waals surface area contributed by atoms with Crippen LogP contribution >= 0.6 is 27.5 Å². The predicted molar refractivity (Wildman–Crippen MR) is 69.8 cm³/mol. The van der Waals surface area contributed by atoms with Crippen molar-refractivity contribution in [3.05, 3.63) is 34.6 Å². The van der Waals surface area contributed by atoms with Crippen molar-refractivity contribution < 1.29 is 4.39 Å². The zero-order valence-electron chi connectivity index (χ0n) is 9.06. The van der Waals surface area contributed by atoms with Crippen LogP contribution in [0.15, 0.2) is 18.2 Å². The van der Waals surface area contributed by atoms with Gasteiger partial charge in [0, 0.05) is 4.83 Å². The molecule has 0 nitrogen and oxygen atoms in total. The lowest BCUT2D eigenvalue weighted by molar-refractivity contribution is 0.373. The predicted octanol–water partition coefficient (Wildman–Crippen LogP) is 4.98. The van der Waals surface area contributed by atoms with E-state index in [1.165, 1.54) is 25.7 Å². The first-order valence-corrected chi connectivity index (χ1v) is 7.04. The number of halogens is 3. The molecule has 0 amide bonds. The molecule has 0 N–H and O–H groups in total. The van der Waals surface area contributed by atoms with Crippen molar-refractivity contribution >= 4 is 27.5 Å². The Balaban J connectivity index is 2.05. The molecule has 3 heteroatoms. The van der Waals surface area contributed by atoms with E-state index in [4.69, 9.17) is 11.6 Å². The maximum atomic E-state index is 13.3. The summed E-state index contributed by atoms with van der Waals surface area (Å²) in [6, 6.07) is 5.15. The van der Waals surface area contributed by atoms with Gasteiger partial charge in [-0.3, -0.25) is 0 Å². The average Bonchev–Trinajstić information content (AvgIpc) is 2.27. The Labute approximate surface area is 109 Å². The lowest BCUT2D eigenvalue weighted by Crippen LogP contribution is -2.21. The van der Waals surface area contributed by atoms with Gasteiger partial charge in [0.2, 0.25) is 0 Å². The fourth-order valence-electron chi connectivity index (χ4n) is 2.36. The third-order valence-electron chi connectivity index (χ3n) is 3.30. The Kier molecular flexibility index (Phi) is 4.26. The topological polar surface area (TPSA) is 0 Å². The summed E-state index contributed by atoms with van der Waals surface area (Å²) in [6.07, 6.45) is 6.02. The summed E-state index contributed by atoms with van der Waals surface area (Å²) >= 11 is 9.39. The molecule has 0 heterocycles. The van der Waals surface area contributed by atoms with Crippen molar-refractivity contribution in [3.8, 4) is 0 Å². The number of benzene rings is 1. The van der Waals surface area contributed by atoms with Gasteiger partial charge >= 0.3 is 0 Å². The highest BCUT2D eigenvalue weighted by Crippen LogP contribution is 2.32. The lowest BCUT2D eigenvalue weighted by Gasteiger charge is -2.27. The fourth-order valence-corrected chi connectivity index (χ4v) is 3.25. The SMILES string of the molecule is Fc1cc(CC2CCCCC2Br)ccc1Cl. The smallest absolute Gasteiger partial charge is 0.142 e. The Bertz CT molecular complexity index is 367. The first-order chi connectivity index (χ1) is 7.66. The van der Waals surface area contributed by atoms with Gasteiger partial charge in [0.25, 0.3) is 0 Å². The summed E-state index contributed by atoms with van der Waals surface area (Å²) in [5.41, 5.74) is 1.05. The quantitative estimate of drug-likeness (QED) is 0.676. The van der Waals surface area contributed by atoms with Gasteiger partial charge in [-0.25, -0.2) is 4.39 Å². The van der Waals surface area contributed by atoms with Gasteiger partial charge in [-0.1, -0.05) is 46.4 Å². The molecule has 2 unspecified atom stereocenters. The Morgan fingerprint density at radius 3 is 2.75 bits per heavy atom. The van der Waals surface area contributed by atoms with Gasteiger partial charge in [-0.2, -0.15) is 0 Å². The van der Waals surface area contributed by atoms with Crippen molar-refractivity contribution in [2.24, 2.45) is 5.92 Å². The highest BCUT2D eigenvalue weighted by Gasteiger charge is 2.22. The summed E-state index contributed by atoms with van der Waals surface area (Å²) in [7, 11) is 0. The van der Waals surface area contributed by atoms with E-state index < -0.39 is 0 Å². The van der Waals surface area contributed by atoms with Gasteiger partial charge in [-0.05, 0) is 42.9 Å². The maximum absolute atomic E-state index is 13.3. The van der Waals surface area contributed by atoms with Gasteiger partial charge in [0.15, 0.2) is 0 Å². The molecule has 0 aromatic heterocycles. The van der Waals surface area contributed by atoms with Crippen LogP contribution in [0.1, 0.15) is 31.2 Å². The van der Waals surface area contributed by atoms with Gasteiger partial charge in [0.1, 0.15) is 5.82 Å². The highest BCUT2D eigenvalue weighted by atomic mass is 79.9. The number of hydrogen-bond acceptors (Lipinski definition) is 0. The van der Waals surface area contributed by atoms with E-state index in [1.807, 2.05) is 6.07 Å². The molecule has 0 radical (unpaired) electrons. The molecule has 2 atom stereocenters. The third-order valence-corrected chi connectivity index (χ3v) is 4.81. The van der Waals surface area contributed by atoms with Crippen molar-refractivity contribution in [3.63, 3.8) is 0 Å². The maximum Gasteiger partial charge on any atom is 0.142 e. The summed E-state index contributed by atoms with van der Waals surface area (Å²) in [4.78, 5) is 0.583. The van der Waals surface area contributed by atoms with Crippen molar-refractivity contribution in [2.45, 2.75) is 36.9 Å². The van der Waals surface area contributed by atoms with Crippen LogP contribution in [-0.4, -0.2) is 4.83 Å². The molecule has 88 valence electrons. The molecular formula is C13H15BrClF. The zero-order chi connectivity index (χ0) is 11.5. The molecule has 1 aromatic carbocycles. The minimum atomic E-state index is -0.305. The Morgan fingerprint density at radius 2 is 2.06 bits per heavy atom. The van der Waals surface area contributed by atoms with E-state index >= 15 is 0 Å². The van der Waals surface area contributed by atoms with E-state index in [2.05, 4.69) is 15.9 Å². The fraction of sp³-hybridized carbons (Fsp3) is 0.538. The van der Waals surface area contributed by atoms with E-state index in [1.54, 1.807) is 12.1 Å².